The second kappa shape index (κ2) is 7.57. The van der Waals surface area contributed by atoms with E-state index in [0.29, 0.717) is 13.0 Å². The highest BCUT2D eigenvalue weighted by atomic mass is 16.5. The van der Waals surface area contributed by atoms with Crippen molar-refractivity contribution in [1.82, 2.24) is 0 Å². The maximum atomic E-state index is 8.44. The molecule has 4 nitrogen and oxygen atoms in total. The summed E-state index contributed by atoms with van der Waals surface area (Å²) in [4.78, 5) is 0. The normalized spacial score (nSPS) is 11.7. The molecule has 1 rings (SSSR count). The highest BCUT2D eigenvalue weighted by Gasteiger charge is 2.09. The molecular formula is C14H20N2O2. The minimum absolute atomic E-state index is 0.0787. The topological polar surface area (TPSA) is 68.3 Å². The van der Waals surface area contributed by atoms with Gasteiger partial charge in [-0.15, -0.1) is 0 Å². The molecule has 1 aromatic rings. The number of ether oxygens (including phenoxy) is 2. The summed E-state index contributed by atoms with van der Waals surface area (Å²) in [6.45, 7) is 2.51. The lowest BCUT2D eigenvalue weighted by atomic mass is 10.1. The Morgan fingerprint density at radius 3 is 2.78 bits per heavy atom. The van der Waals surface area contributed by atoms with Gasteiger partial charge in [-0.1, -0.05) is 6.07 Å². The zero-order valence-electron chi connectivity index (χ0n) is 11.0. The van der Waals surface area contributed by atoms with Gasteiger partial charge in [0.15, 0.2) is 0 Å². The molecule has 4 heteroatoms. The van der Waals surface area contributed by atoms with Crippen molar-refractivity contribution >= 4 is 0 Å². The minimum atomic E-state index is -0.0787. The van der Waals surface area contributed by atoms with Crippen molar-refractivity contribution in [3.8, 4) is 17.6 Å². The van der Waals surface area contributed by atoms with Crippen molar-refractivity contribution in [3.63, 3.8) is 0 Å². The maximum Gasteiger partial charge on any atom is 0.127 e. The Morgan fingerprint density at radius 1 is 1.39 bits per heavy atom. The van der Waals surface area contributed by atoms with Gasteiger partial charge in [-0.05, 0) is 25.8 Å². The van der Waals surface area contributed by atoms with Crippen molar-refractivity contribution in [1.29, 1.82) is 5.26 Å². The van der Waals surface area contributed by atoms with E-state index >= 15 is 0 Å². The Hall–Kier alpha value is -1.73. The van der Waals surface area contributed by atoms with Crippen molar-refractivity contribution < 1.29 is 9.47 Å². The lowest BCUT2D eigenvalue weighted by Gasteiger charge is -2.15. The number of unbranched alkanes of at least 4 members (excludes halogenated alkanes) is 2. The van der Waals surface area contributed by atoms with E-state index in [-0.39, 0.29) is 6.04 Å². The molecule has 0 bridgehead atoms. The van der Waals surface area contributed by atoms with E-state index in [1.165, 1.54) is 0 Å². The van der Waals surface area contributed by atoms with Crippen molar-refractivity contribution in [3.05, 3.63) is 23.8 Å². The van der Waals surface area contributed by atoms with Gasteiger partial charge in [0.05, 0.1) is 19.8 Å². The van der Waals surface area contributed by atoms with Gasteiger partial charge in [-0.3, -0.25) is 0 Å². The molecule has 1 aromatic carbocycles. The molecule has 1 atom stereocenters. The number of nitrogens with two attached hydrogens (primary N) is 1. The Bertz CT molecular complexity index is 411. The lowest BCUT2D eigenvalue weighted by molar-refractivity contribution is 0.301. The van der Waals surface area contributed by atoms with Crippen LogP contribution in [0.4, 0.5) is 0 Å². The smallest absolute Gasteiger partial charge is 0.127 e. The molecular weight excluding hydrogens is 228 g/mol. The number of benzene rings is 1. The van der Waals surface area contributed by atoms with E-state index in [1.54, 1.807) is 7.11 Å². The number of methoxy groups -OCH3 is 1. The number of hydrogen-bond donors (Lipinski definition) is 1. The van der Waals surface area contributed by atoms with Gasteiger partial charge in [-0.25, -0.2) is 0 Å². The first-order valence-electron chi connectivity index (χ1n) is 6.12. The van der Waals surface area contributed by atoms with Gasteiger partial charge in [0.25, 0.3) is 0 Å². The molecule has 0 fully saturated rings. The SMILES string of the molecule is COc1ccc([C@H](C)N)c(OCCCCC#N)c1. The minimum Gasteiger partial charge on any atom is -0.497 e. The van der Waals surface area contributed by atoms with Crippen LogP contribution in [0, 0.1) is 11.3 Å². The average Bonchev–Trinajstić information content (AvgIpc) is 2.38. The number of nitriles is 1. The van der Waals surface area contributed by atoms with Crippen LogP contribution in [0.5, 0.6) is 11.5 Å². The van der Waals surface area contributed by atoms with Gasteiger partial charge in [0, 0.05) is 24.1 Å². The van der Waals surface area contributed by atoms with Crippen molar-refractivity contribution in [2.45, 2.75) is 32.2 Å². The van der Waals surface area contributed by atoms with Crippen LogP contribution >= 0.6 is 0 Å². The maximum absolute atomic E-state index is 8.44. The third-order valence-electron chi connectivity index (χ3n) is 2.65. The summed E-state index contributed by atoms with van der Waals surface area (Å²) in [5.74, 6) is 1.52. The third kappa shape index (κ3) is 4.27. The zero-order valence-corrected chi connectivity index (χ0v) is 11.0. The quantitative estimate of drug-likeness (QED) is 0.753. The number of hydrogen-bond acceptors (Lipinski definition) is 4. The molecule has 0 aliphatic carbocycles. The molecule has 0 radical (unpaired) electrons. The second-order valence-corrected chi connectivity index (χ2v) is 4.16. The van der Waals surface area contributed by atoms with Gasteiger partial charge < -0.3 is 15.2 Å². The van der Waals surface area contributed by atoms with Crippen LogP contribution in [0.2, 0.25) is 0 Å². The molecule has 0 amide bonds. The predicted octanol–water partition coefficient (Wildman–Crippen LogP) is 2.79. The summed E-state index contributed by atoms with van der Waals surface area (Å²) >= 11 is 0. The fraction of sp³-hybridized carbons (Fsp3) is 0.500. The molecule has 98 valence electrons. The third-order valence-corrected chi connectivity index (χ3v) is 2.65. The van der Waals surface area contributed by atoms with Crippen LogP contribution in [0.3, 0.4) is 0 Å². The van der Waals surface area contributed by atoms with E-state index in [0.717, 1.165) is 29.9 Å². The standard InChI is InChI=1S/C14H20N2O2/c1-11(16)13-7-6-12(17-2)10-14(13)18-9-5-3-4-8-15/h6-7,10-11H,3-5,9,16H2,1-2H3/t11-/m0/s1. The molecule has 18 heavy (non-hydrogen) atoms. The largest absolute Gasteiger partial charge is 0.497 e. The lowest BCUT2D eigenvalue weighted by Crippen LogP contribution is -2.09. The Balaban J connectivity index is 2.63. The van der Waals surface area contributed by atoms with Gasteiger partial charge in [0.1, 0.15) is 11.5 Å². The average molecular weight is 248 g/mol. The molecule has 0 spiro atoms. The van der Waals surface area contributed by atoms with Crippen LogP contribution < -0.4 is 15.2 Å². The van der Waals surface area contributed by atoms with Gasteiger partial charge in [-0.2, -0.15) is 5.26 Å². The summed E-state index contributed by atoms with van der Waals surface area (Å²) in [5.41, 5.74) is 6.86. The molecule has 2 N–H and O–H groups in total. The fourth-order valence-corrected chi connectivity index (χ4v) is 1.63. The molecule has 0 aliphatic heterocycles. The Kier molecular flexibility index (Phi) is 6.03. The van der Waals surface area contributed by atoms with E-state index in [4.69, 9.17) is 20.5 Å². The number of nitrogens with zero attached hydrogens (tertiary/aromatic N) is 1. The summed E-state index contributed by atoms with van der Waals surface area (Å²) in [5, 5.41) is 8.44. The molecule has 0 aromatic heterocycles. The Labute approximate surface area is 108 Å². The monoisotopic (exact) mass is 248 g/mol. The summed E-state index contributed by atoms with van der Waals surface area (Å²) < 4.78 is 10.9. The second-order valence-electron chi connectivity index (χ2n) is 4.16. The van der Waals surface area contributed by atoms with E-state index in [1.807, 2.05) is 25.1 Å². The van der Waals surface area contributed by atoms with Gasteiger partial charge >= 0.3 is 0 Å². The first-order valence-corrected chi connectivity index (χ1v) is 6.12. The van der Waals surface area contributed by atoms with Crippen LogP contribution in [0.1, 0.15) is 37.8 Å². The summed E-state index contributed by atoms with van der Waals surface area (Å²) in [6.07, 6.45) is 2.29. The summed E-state index contributed by atoms with van der Waals surface area (Å²) in [7, 11) is 1.62. The molecule has 0 aliphatic rings. The fourth-order valence-electron chi connectivity index (χ4n) is 1.63. The van der Waals surface area contributed by atoms with E-state index in [2.05, 4.69) is 6.07 Å². The molecule has 0 heterocycles. The molecule has 0 unspecified atom stereocenters. The van der Waals surface area contributed by atoms with Crippen LogP contribution in [0.15, 0.2) is 18.2 Å². The van der Waals surface area contributed by atoms with Crippen molar-refractivity contribution in [2.24, 2.45) is 5.73 Å². The van der Waals surface area contributed by atoms with Crippen LogP contribution in [0.25, 0.3) is 0 Å². The predicted molar refractivity (Wildman–Crippen MR) is 70.6 cm³/mol. The first kappa shape index (κ1) is 14.3. The molecule has 0 saturated heterocycles. The van der Waals surface area contributed by atoms with Crippen LogP contribution in [-0.2, 0) is 0 Å². The Morgan fingerprint density at radius 2 is 2.17 bits per heavy atom. The van der Waals surface area contributed by atoms with E-state index < -0.39 is 0 Å². The van der Waals surface area contributed by atoms with Crippen LogP contribution in [-0.4, -0.2) is 13.7 Å². The van der Waals surface area contributed by atoms with Gasteiger partial charge in [0.2, 0.25) is 0 Å². The zero-order chi connectivity index (χ0) is 13.4. The van der Waals surface area contributed by atoms with Crippen molar-refractivity contribution in [2.75, 3.05) is 13.7 Å². The first-order chi connectivity index (χ1) is 8.69. The highest BCUT2D eigenvalue weighted by Crippen LogP contribution is 2.28. The molecule has 0 saturated carbocycles. The number of rotatable bonds is 7. The summed E-state index contributed by atoms with van der Waals surface area (Å²) in [6, 6.07) is 7.69. The van der Waals surface area contributed by atoms with E-state index in [9.17, 15) is 0 Å². The highest BCUT2D eigenvalue weighted by molar-refractivity contribution is 5.42.